The third kappa shape index (κ3) is 4.17. The molecular formula is C36H44. The van der Waals surface area contributed by atoms with E-state index in [1.54, 1.807) is 22.3 Å². The molecule has 1 atom stereocenters. The lowest BCUT2D eigenvalue weighted by molar-refractivity contribution is 0.435. The summed E-state index contributed by atoms with van der Waals surface area (Å²) in [7, 11) is 0. The number of aryl methyl sites for hydroxylation is 2. The standard InChI is InChI=1S/C36H44/c1-8-12-29-25(6)24(5)21-32-33-27(18-17-23(4)14-11-13-22(2)3)19-20-30-26(7)28-15-9-10-16-31(28)36(34(29)32)35(30)33/h8-10,12,15-16,21-23H,11,13-14,17-20H2,1-7H3/b12-8-. The Morgan fingerprint density at radius 3 is 2.31 bits per heavy atom. The van der Waals surface area contributed by atoms with Crippen molar-refractivity contribution < 1.29 is 0 Å². The quantitative estimate of drug-likeness (QED) is 0.237. The van der Waals surface area contributed by atoms with E-state index in [1.165, 1.54) is 94.7 Å². The van der Waals surface area contributed by atoms with Gasteiger partial charge in [0.05, 0.1) is 0 Å². The van der Waals surface area contributed by atoms with Crippen molar-refractivity contribution in [1.29, 1.82) is 0 Å². The van der Waals surface area contributed by atoms with Crippen molar-refractivity contribution in [2.24, 2.45) is 11.8 Å². The van der Waals surface area contributed by atoms with Crippen molar-refractivity contribution in [3.8, 4) is 11.1 Å². The van der Waals surface area contributed by atoms with Crippen molar-refractivity contribution >= 4 is 22.4 Å². The monoisotopic (exact) mass is 476 g/mol. The first-order valence-corrected chi connectivity index (χ1v) is 14.4. The fourth-order valence-corrected chi connectivity index (χ4v) is 6.89. The molecule has 5 rings (SSSR count). The molecule has 2 aliphatic rings. The molecule has 0 amide bonds. The van der Waals surface area contributed by atoms with Gasteiger partial charge in [-0.2, -0.15) is 0 Å². The predicted octanol–water partition coefficient (Wildman–Crippen LogP) is 10.8. The van der Waals surface area contributed by atoms with Gasteiger partial charge >= 0.3 is 0 Å². The zero-order valence-electron chi connectivity index (χ0n) is 23.6. The van der Waals surface area contributed by atoms with Gasteiger partial charge in [0.1, 0.15) is 0 Å². The van der Waals surface area contributed by atoms with Gasteiger partial charge in [-0.05, 0) is 132 Å². The third-order valence-electron chi connectivity index (χ3n) is 9.05. The van der Waals surface area contributed by atoms with E-state index < -0.39 is 0 Å². The van der Waals surface area contributed by atoms with Crippen molar-refractivity contribution in [2.75, 3.05) is 0 Å². The molecule has 0 aromatic heterocycles. The topological polar surface area (TPSA) is 0 Å². The van der Waals surface area contributed by atoms with Crippen LogP contribution in [0.25, 0.3) is 33.5 Å². The van der Waals surface area contributed by atoms with E-state index in [2.05, 4.69) is 91.0 Å². The molecule has 0 spiro atoms. The second-order valence-electron chi connectivity index (χ2n) is 12.0. The Hall–Kier alpha value is -2.60. The van der Waals surface area contributed by atoms with E-state index in [0.717, 1.165) is 11.8 Å². The second-order valence-corrected chi connectivity index (χ2v) is 12.0. The average molecular weight is 477 g/mol. The van der Waals surface area contributed by atoms with Crippen LogP contribution in [0.2, 0.25) is 0 Å². The maximum atomic E-state index is 2.51. The minimum absolute atomic E-state index is 0.801. The van der Waals surface area contributed by atoms with Gasteiger partial charge in [0.15, 0.2) is 0 Å². The highest BCUT2D eigenvalue weighted by Gasteiger charge is 2.35. The van der Waals surface area contributed by atoms with Gasteiger partial charge < -0.3 is 0 Å². The number of hydrogen-bond acceptors (Lipinski definition) is 0. The van der Waals surface area contributed by atoms with Crippen LogP contribution in [0.3, 0.4) is 0 Å². The predicted molar refractivity (Wildman–Crippen MR) is 160 cm³/mol. The van der Waals surface area contributed by atoms with Gasteiger partial charge in [-0.15, -0.1) is 0 Å². The fraction of sp³-hybridized carbons (Fsp3) is 0.444. The number of allylic oxidation sites excluding steroid dienone is 2. The minimum Gasteiger partial charge on any atom is -0.0870 e. The van der Waals surface area contributed by atoms with Crippen LogP contribution >= 0.6 is 0 Å². The Balaban J connectivity index is 1.69. The molecule has 0 saturated heterocycles. The van der Waals surface area contributed by atoms with Gasteiger partial charge in [0.25, 0.3) is 0 Å². The Morgan fingerprint density at radius 2 is 1.58 bits per heavy atom. The maximum absolute atomic E-state index is 2.51. The molecular weight excluding hydrogens is 432 g/mol. The first kappa shape index (κ1) is 25.1. The van der Waals surface area contributed by atoms with Crippen molar-refractivity contribution in [2.45, 2.75) is 93.4 Å². The summed E-state index contributed by atoms with van der Waals surface area (Å²) in [6.07, 6.45) is 13.6. The van der Waals surface area contributed by atoms with Crippen LogP contribution in [-0.2, 0) is 6.42 Å². The lowest BCUT2D eigenvalue weighted by Crippen LogP contribution is -2.08. The zero-order valence-corrected chi connectivity index (χ0v) is 23.6. The SMILES string of the molecule is C/C=C\c1c(C)c(C)cc2c1-c1c3c(c(C)c4ccccc14)CCC(CCC(C)CCCC(C)C)=C23. The van der Waals surface area contributed by atoms with Crippen LogP contribution in [0.5, 0.6) is 0 Å². The lowest BCUT2D eigenvalue weighted by Gasteiger charge is -2.25. The Labute approximate surface area is 219 Å². The molecule has 3 aromatic rings. The number of hydrogen-bond donors (Lipinski definition) is 0. The highest BCUT2D eigenvalue weighted by molar-refractivity contribution is 6.16. The summed E-state index contributed by atoms with van der Waals surface area (Å²) in [5.74, 6) is 1.62. The summed E-state index contributed by atoms with van der Waals surface area (Å²) < 4.78 is 0. The first-order valence-electron chi connectivity index (χ1n) is 14.4. The molecule has 0 heterocycles. The van der Waals surface area contributed by atoms with Gasteiger partial charge in [0, 0.05) is 0 Å². The van der Waals surface area contributed by atoms with Gasteiger partial charge in [-0.1, -0.05) is 88.1 Å². The Morgan fingerprint density at radius 1 is 0.833 bits per heavy atom. The second kappa shape index (κ2) is 10.0. The van der Waals surface area contributed by atoms with Crippen LogP contribution in [-0.4, -0.2) is 0 Å². The molecule has 36 heavy (non-hydrogen) atoms. The molecule has 0 nitrogen and oxygen atoms in total. The van der Waals surface area contributed by atoms with E-state index in [0.29, 0.717) is 0 Å². The summed E-state index contributed by atoms with van der Waals surface area (Å²) in [6.45, 7) is 16.3. The van der Waals surface area contributed by atoms with Gasteiger partial charge in [-0.25, -0.2) is 0 Å². The van der Waals surface area contributed by atoms with Crippen molar-refractivity contribution in [3.63, 3.8) is 0 Å². The molecule has 0 N–H and O–H groups in total. The highest BCUT2D eigenvalue weighted by atomic mass is 14.4. The summed E-state index contributed by atoms with van der Waals surface area (Å²) >= 11 is 0. The Bertz CT molecular complexity index is 1380. The molecule has 1 unspecified atom stereocenters. The number of benzene rings is 3. The molecule has 0 aliphatic heterocycles. The van der Waals surface area contributed by atoms with E-state index in [-0.39, 0.29) is 0 Å². The molecule has 3 aromatic carbocycles. The minimum atomic E-state index is 0.801. The van der Waals surface area contributed by atoms with E-state index in [9.17, 15) is 0 Å². The number of fused-ring (bicyclic) bond motifs is 5. The third-order valence-corrected chi connectivity index (χ3v) is 9.05. The maximum Gasteiger partial charge on any atom is -0.00113 e. The van der Waals surface area contributed by atoms with Crippen molar-refractivity contribution in [3.05, 3.63) is 80.9 Å². The summed E-state index contributed by atoms with van der Waals surface area (Å²) in [5, 5.41) is 2.87. The molecule has 0 heteroatoms. The number of rotatable bonds is 8. The van der Waals surface area contributed by atoms with Gasteiger partial charge in [-0.3, -0.25) is 0 Å². The fourth-order valence-electron chi connectivity index (χ4n) is 6.89. The Kier molecular flexibility index (Phi) is 6.99. The van der Waals surface area contributed by atoms with Crippen LogP contribution in [0.4, 0.5) is 0 Å². The molecule has 0 radical (unpaired) electrons. The first-order chi connectivity index (χ1) is 17.3. The van der Waals surface area contributed by atoms with E-state index >= 15 is 0 Å². The van der Waals surface area contributed by atoms with Crippen LogP contribution < -0.4 is 0 Å². The normalized spacial score (nSPS) is 15.3. The zero-order chi connectivity index (χ0) is 25.6. The molecule has 0 bridgehead atoms. The summed E-state index contributed by atoms with van der Waals surface area (Å²) in [4.78, 5) is 0. The average Bonchev–Trinajstić information content (AvgIpc) is 3.19. The smallest absolute Gasteiger partial charge is 0.00113 e. The van der Waals surface area contributed by atoms with Crippen LogP contribution in [0.15, 0.2) is 42.0 Å². The highest BCUT2D eigenvalue weighted by Crippen LogP contribution is 2.56. The molecule has 0 saturated carbocycles. The summed E-state index contributed by atoms with van der Waals surface area (Å²) in [5.41, 5.74) is 16.7. The molecule has 2 aliphatic carbocycles. The largest absolute Gasteiger partial charge is 0.0870 e. The summed E-state index contributed by atoms with van der Waals surface area (Å²) in [6, 6.07) is 11.7. The van der Waals surface area contributed by atoms with E-state index in [1.807, 2.05) is 0 Å². The van der Waals surface area contributed by atoms with Crippen LogP contribution in [0, 0.1) is 32.6 Å². The van der Waals surface area contributed by atoms with Crippen molar-refractivity contribution in [1.82, 2.24) is 0 Å². The molecule has 0 fully saturated rings. The van der Waals surface area contributed by atoms with E-state index in [4.69, 9.17) is 0 Å². The van der Waals surface area contributed by atoms with Gasteiger partial charge in [0.2, 0.25) is 0 Å². The van der Waals surface area contributed by atoms with Crippen LogP contribution in [0.1, 0.15) is 105 Å². The lowest BCUT2D eigenvalue weighted by atomic mass is 9.79. The molecule has 188 valence electrons.